The fourth-order valence-corrected chi connectivity index (χ4v) is 9.18. The maximum Gasteiger partial charge on any atom is 0.165 e. The Kier molecular flexibility index (Phi) is 13.1. The average molecular weight is 678 g/mol. The molecule has 272 valence electrons. The lowest BCUT2D eigenvalue weighted by Gasteiger charge is -2.43. The normalized spacial score (nSPS) is 17.8. The summed E-state index contributed by atoms with van der Waals surface area (Å²) in [5.74, 6) is 0.319. The van der Waals surface area contributed by atoms with Crippen LogP contribution >= 0.6 is 0 Å². The molecule has 1 atom stereocenters. The van der Waals surface area contributed by atoms with E-state index in [1.165, 1.54) is 85.4 Å². The van der Waals surface area contributed by atoms with Crippen LogP contribution in [0.5, 0.6) is 0 Å². The van der Waals surface area contributed by atoms with Gasteiger partial charge < -0.3 is 15.1 Å². The zero-order chi connectivity index (χ0) is 36.9. The second-order valence-corrected chi connectivity index (χ2v) is 13.9. The minimum atomic E-state index is -0.423. The average Bonchev–Trinajstić information content (AvgIpc) is 3.47. The molecule has 1 unspecified atom stereocenters. The number of hydrogen-bond acceptors (Lipinski definition) is 4. The Hall–Kier alpha value is -3.53. The highest BCUT2D eigenvalue weighted by molar-refractivity contribution is 6.06. The van der Waals surface area contributed by atoms with E-state index in [0.29, 0.717) is 12.2 Å². The summed E-state index contributed by atoms with van der Waals surface area (Å²) in [6.07, 6.45) is 8.16. The van der Waals surface area contributed by atoms with Crippen molar-refractivity contribution in [3.8, 4) is 0 Å². The van der Waals surface area contributed by atoms with Gasteiger partial charge in [0.05, 0.1) is 5.41 Å². The van der Waals surface area contributed by atoms with Gasteiger partial charge in [0, 0.05) is 62.3 Å². The monoisotopic (exact) mass is 678 g/mol. The number of anilines is 2. The lowest BCUT2D eigenvalue weighted by Crippen LogP contribution is -2.37. The molecule has 4 aliphatic rings. The van der Waals surface area contributed by atoms with E-state index in [2.05, 4.69) is 80.6 Å². The zero-order valence-corrected chi connectivity index (χ0v) is 33.8. The van der Waals surface area contributed by atoms with Crippen LogP contribution < -0.4 is 15.1 Å². The van der Waals surface area contributed by atoms with E-state index < -0.39 is 5.41 Å². The molecule has 1 N–H and O–H groups in total. The Bertz CT molecular complexity index is 1720. The molecule has 0 saturated heterocycles. The van der Waals surface area contributed by atoms with Gasteiger partial charge in [-0.2, -0.15) is 0 Å². The van der Waals surface area contributed by atoms with Gasteiger partial charge in [0.25, 0.3) is 0 Å². The van der Waals surface area contributed by atoms with Crippen molar-refractivity contribution in [2.24, 2.45) is 0 Å². The minimum absolute atomic E-state index is 0.319. The van der Waals surface area contributed by atoms with E-state index in [9.17, 15) is 4.79 Å². The summed E-state index contributed by atoms with van der Waals surface area (Å²) in [4.78, 5) is 19.5. The summed E-state index contributed by atoms with van der Waals surface area (Å²) in [5, 5.41) is 3.21. The van der Waals surface area contributed by atoms with Crippen molar-refractivity contribution in [1.29, 1.82) is 0 Å². The molecule has 50 heavy (non-hydrogen) atoms. The van der Waals surface area contributed by atoms with Gasteiger partial charge in [-0.1, -0.05) is 60.3 Å². The molecule has 2 heterocycles. The largest absolute Gasteiger partial charge is 0.392 e. The Morgan fingerprint density at radius 3 is 1.82 bits per heavy atom. The van der Waals surface area contributed by atoms with Gasteiger partial charge in [0.2, 0.25) is 0 Å². The van der Waals surface area contributed by atoms with Crippen molar-refractivity contribution in [1.82, 2.24) is 5.32 Å². The number of nitrogens with one attached hydrogen (secondary N) is 1. The predicted molar refractivity (Wildman–Crippen MR) is 218 cm³/mol. The van der Waals surface area contributed by atoms with Gasteiger partial charge in [-0.05, 0) is 153 Å². The number of carbonyl (C=O) groups excluding carboxylic acids is 1. The van der Waals surface area contributed by atoms with Gasteiger partial charge in [-0.3, -0.25) is 4.79 Å². The number of Topliss-reactive ketones (excluding diaryl/α,β-unsaturated/α-hetero) is 1. The number of benzene rings is 3. The van der Waals surface area contributed by atoms with Crippen molar-refractivity contribution >= 4 is 17.2 Å². The third-order valence-corrected chi connectivity index (χ3v) is 11.8. The highest BCUT2D eigenvalue weighted by Crippen LogP contribution is 2.58. The molecule has 1 spiro atoms. The van der Waals surface area contributed by atoms with Gasteiger partial charge in [0.1, 0.15) is 0 Å². The molecule has 0 radical (unpaired) electrons. The van der Waals surface area contributed by atoms with Crippen LogP contribution in [0.3, 0.4) is 0 Å². The van der Waals surface area contributed by atoms with Crippen LogP contribution in [0.15, 0.2) is 36.5 Å². The summed E-state index contributed by atoms with van der Waals surface area (Å²) in [7, 11) is 1.97. The Labute approximate surface area is 305 Å². The summed E-state index contributed by atoms with van der Waals surface area (Å²) >= 11 is 0. The number of fused-ring (bicyclic) bond motifs is 8. The van der Waals surface area contributed by atoms with Crippen molar-refractivity contribution in [3.05, 3.63) is 103 Å². The molecular weight excluding hydrogens is 611 g/mol. The van der Waals surface area contributed by atoms with Crippen molar-refractivity contribution < 1.29 is 4.79 Å². The second-order valence-electron chi connectivity index (χ2n) is 13.9. The topological polar surface area (TPSA) is 35.6 Å². The Morgan fingerprint density at radius 1 is 0.760 bits per heavy atom. The van der Waals surface area contributed by atoms with Crippen LogP contribution in [0.4, 0.5) is 11.4 Å². The van der Waals surface area contributed by atoms with Crippen LogP contribution in [0.25, 0.3) is 0 Å². The molecule has 3 aromatic carbocycles. The van der Waals surface area contributed by atoms with Gasteiger partial charge in [-0.15, -0.1) is 0 Å². The summed E-state index contributed by atoms with van der Waals surface area (Å²) in [5.41, 5.74) is 19.5. The van der Waals surface area contributed by atoms with Crippen molar-refractivity contribution in [2.45, 2.75) is 133 Å². The summed E-state index contributed by atoms with van der Waals surface area (Å²) in [6, 6.07) is 10.1. The Balaban J connectivity index is 0.000000890. The van der Waals surface area contributed by atoms with Crippen LogP contribution in [0, 0.1) is 27.7 Å². The number of nitrogens with zero attached hydrogens (tertiary/aromatic N) is 2. The molecule has 0 amide bonds. The van der Waals surface area contributed by atoms with Gasteiger partial charge in [0.15, 0.2) is 5.78 Å². The van der Waals surface area contributed by atoms with Crippen LogP contribution in [-0.4, -0.2) is 39.0 Å². The minimum Gasteiger partial charge on any atom is -0.392 e. The van der Waals surface area contributed by atoms with E-state index in [1.54, 1.807) is 0 Å². The molecule has 0 fully saturated rings. The first-order valence-electron chi connectivity index (χ1n) is 20.0. The Morgan fingerprint density at radius 2 is 1.28 bits per heavy atom. The SMILES string of the molecule is C=C(CCCN1CCCc2cc3c(cc21)Cc1cc2c(cc1C31CC(=O)c3c(C)c(C)c(C)c(C)c31)CCCN2CC)NC.CC.CC.CC. The zero-order valence-electron chi connectivity index (χ0n) is 33.8. The third kappa shape index (κ3) is 6.53. The number of carbonyl (C=O) groups is 1. The smallest absolute Gasteiger partial charge is 0.165 e. The number of ketones is 1. The fraction of sp³-hybridized carbons (Fsp3) is 0.543. The van der Waals surface area contributed by atoms with E-state index in [4.69, 9.17) is 0 Å². The molecular formula is C46H67N3O. The van der Waals surface area contributed by atoms with E-state index >= 15 is 0 Å². The highest BCUT2D eigenvalue weighted by atomic mass is 16.1. The van der Waals surface area contributed by atoms with Crippen LogP contribution in [0.1, 0.15) is 152 Å². The lowest BCUT2D eigenvalue weighted by molar-refractivity contribution is 0.0983. The van der Waals surface area contributed by atoms with Crippen molar-refractivity contribution in [3.63, 3.8) is 0 Å². The molecule has 4 heteroatoms. The number of hydrogen-bond donors (Lipinski definition) is 1. The summed E-state index contributed by atoms with van der Waals surface area (Å²) in [6.45, 7) is 31.7. The molecule has 7 rings (SSSR count). The van der Waals surface area contributed by atoms with E-state index in [-0.39, 0.29) is 0 Å². The molecule has 0 saturated carbocycles. The lowest BCUT2D eigenvalue weighted by atomic mass is 9.61. The third-order valence-electron chi connectivity index (χ3n) is 11.8. The number of allylic oxidation sites excluding steroid dienone is 1. The molecule has 3 aromatic rings. The maximum absolute atomic E-state index is 14.3. The fourth-order valence-electron chi connectivity index (χ4n) is 9.18. The molecule has 0 bridgehead atoms. The maximum atomic E-state index is 14.3. The highest BCUT2D eigenvalue weighted by Gasteiger charge is 2.52. The second kappa shape index (κ2) is 16.7. The molecule has 2 aliphatic carbocycles. The first kappa shape index (κ1) is 39.3. The first-order chi connectivity index (χ1) is 24.2. The van der Waals surface area contributed by atoms with Crippen LogP contribution in [-0.2, 0) is 24.7 Å². The van der Waals surface area contributed by atoms with E-state index in [1.807, 2.05) is 48.6 Å². The predicted octanol–water partition coefficient (Wildman–Crippen LogP) is 10.9. The van der Waals surface area contributed by atoms with Gasteiger partial charge >= 0.3 is 0 Å². The molecule has 4 nitrogen and oxygen atoms in total. The summed E-state index contributed by atoms with van der Waals surface area (Å²) < 4.78 is 0. The number of rotatable bonds is 6. The first-order valence-corrected chi connectivity index (χ1v) is 20.0. The van der Waals surface area contributed by atoms with E-state index in [0.717, 1.165) is 69.5 Å². The van der Waals surface area contributed by atoms with Gasteiger partial charge in [-0.25, -0.2) is 0 Å². The molecule has 2 aliphatic heterocycles. The van der Waals surface area contributed by atoms with Crippen LogP contribution in [0.2, 0.25) is 0 Å². The standard InChI is InChI=1S/C40H49N3O.3C2H6/c1-8-42-15-10-13-29-19-33-31(21-35(29)42)18-32-22-36-30(14-11-17-43(36)16-9-12-24(2)41-7)20-34(32)40(33)23-37(44)38-27(5)25(3)26(4)28(6)39(38)40;3*1-2/h19-22,41H,2,8-18,23H2,1,3-7H3;3*1-2H3. The van der Waals surface area contributed by atoms with Crippen molar-refractivity contribution in [2.75, 3.05) is 43.0 Å². The quantitative estimate of drug-likeness (QED) is 0.282. The number of aryl methyl sites for hydroxylation is 2. The molecule has 0 aromatic heterocycles.